The molecule has 0 unspecified atom stereocenters. The normalized spacial score (nSPS) is 10.0. The smallest absolute Gasteiger partial charge is 0.257 e. The number of carbonyl (C=O) groups is 1. The summed E-state index contributed by atoms with van der Waals surface area (Å²) < 4.78 is 10.3. The number of aromatic hydroxyl groups is 1. The molecule has 2 aromatic carbocycles. The van der Waals surface area contributed by atoms with Crippen LogP contribution in [0.4, 0.5) is 5.69 Å². The van der Waals surface area contributed by atoms with Crippen LogP contribution in [-0.2, 0) is 0 Å². The van der Waals surface area contributed by atoms with Gasteiger partial charge in [0.25, 0.3) is 5.91 Å². The first-order valence-corrected chi connectivity index (χ1v) is 6.44. The van der Waals surface area contributed by atoms with Crippen LogP contribution in [0.2, 0.25) is 5.02 Å². The van der Waals surface area contributed by atoms with E-state index in [0.717, 1.165) is 0 Å². The summed E-state index contributed by atoms with van der Waals surface area (Å²) in [5.41, 5.74) is 0.675. The Bertz CT molecular complexity index is 650. The van der Waals surface area contributed by atoms with Crippen molar-refractivity contribution in [3.8, 4) is 17.2 Å². The van der Waals surface area contributed by atoms with E-state index in [1.807, 2.05) is 0 Å². The third-order valence-corrected chi connectivity index (χ3v) is 3.13. The second-order valence-electron chi connectivity index (χ2n) is 4.22. The standard InChI is InChI=1S/C15H14ClNO4/c1-20-11-5-9(6-12(8-11)21-2)17-15(19)13-7-10(18)3-4-14(13)16/h3-8,18H,1-2H3,(H,17,19). The van der Waals surface area contributed by atoms with Crippen molar-refractivity contribution in [2.75, 3.05) is 19.5 Å². The number of hydrogen-bond acceptors (Lipinski definition) is 4. The van der Waals surface area contributed by atoms with E-state index in [9.17, 15) is 9.90 Å². The summed E-state index contributed by atoms with van der Waals surface area (Å²) in [6.07, 6.45) is 0. The average molecular weight is 308 g/mol. The van der Waals surface area contributed by atoms with Crippen molar-refractivity contribution >= 4 is 23.2 Å². The largest absolute Gasteiger partial charge is 0.508 e. The Morgan fingerprint density at radius 3 is 2.29 bits per heavy atom. The van der Waals surface area contributed by atoms with Crippen molar-refractivity contribution in [1.82, 2.24) is 0 Å². The summed E-state index contributed by atoms with van der Waals surface area (Å²) in [6, 6.07) is 9.16. The molecule has 0 saturated heterocycles. The van der Waals surface area contributed by atoms with Crippen LogP contribution in [0.1, 0.15) is 10.4 Å². The SMILES string of the molecule is COc1cc(NC(=O)c2cc(O)ccc2Cl)cc(OC)c1. The predicted octanol–water partition coefficient (Wildman–Crippen LogP) is 3.32. The van der Waals surface area contributed by atoms with Gasteiger partial charge in [-0.1, -0.05) is 11.6 Å². The van der Waals surface area contributed by atoms with Crippen LogP contribution < -0.4 is 14.8 Å². The lowest BCUT2D eigenvalue weighted by Gasteiger charge is -2.10. The number of phenolic OH excluding ortho intramolecular Hbond substituents is 1. The lowest BCUT2D eigenvalue weighted by atomic mass is 10.2. The number of rotatable bonds is 4. The molecular weight excluding hydrogens is 294 g/mol. The molecule has 1 amide bonds. The molecule has 2 rings (SSSR count). The quantitative estimate of drug-likeness (QED) is 0.909. The van der Waals surface area contributed by atoms with Gasteiger partial charge in [-0.3, -0.25) is 4.79 Å². The molecule has 0 saturated carbocycles. The minimum atomic E-state index is -0.439. The van der Waals surface area contributed by atoms with Gasteiger partial charge in [0.05, 0.1) is 24.8 Å². The number of phenols is 1. The Kier molecular flexibility index (Phi) is 4.55. The van der Waals surface area contributed by atoms with Crippen LogP contribution in [0.5, 0.6) is 17.2 Å². The molecule has 110 valence electrons. The lowest BCUT2D eigenvalue weighted by molar-refractivity contribution is 0.102. The van der Waals surface area contributed by atoms with Gasteiger partial charge in [-0.25, -0.2) is 0 Å². The second-order valence-corrected chi connectivity index (χ2v) is 4.63. The third-order valence-electron chi connectivity index (χ3n) is 2.80. The van der Waals surface area contributed by atoms with E-state index >= 15 is 0 Å². The van der Waals surface area contributed by atoms with E-state index in [1.54, 1.807) is 18.2 Å². The van der Waals surface area contributed by atoms with Crippen LogP contribution in [0.3, 0.4) is 0 Å². The highest BCUT2D eigenvalue weighted by molar-refractivity contribution is 6.34. The molecule has 2 aromatic rings. The number of halogens is 1. The van der Waals surface area contributed by atoms with Crippen LogP contribution in [0.15, 0.2) is 36.4 Å². The molecule has 0 fully saturated rings. The molecule has 0 aliphatic rings. The summed E-state index contributed by atoms with van der Waals surface area (Å²) in [7, 11) is 3.04. The van der Waals surface area contributed by atoms with Crippen molar-refractivity contribution in [3.63, 3.8) is 0 Å². The van der Waals surface area contributed by atoms with Crippen molar-refractivity contribution in [2.24, 2.45) is 0 Å². The van der Waals surface area contributed by atoms with Crippen molar-refractivity contribution in [1.29, 1.82) is 0 Å². The third kappa shape index (κ3) is 3.58. The maximum atomic E-state index is 12.2. The summed E-state index contributed by atoms with van der Waals surface area (Å²) in [5, 5.41) is 12.4. The Labute approximate surface area is 127 Å². The number of benzene rings is 2. The maximum Gasteiger partial charge on any atom is 0.257 e. The summed E-state index contributed by atoms with van der Waals surface area (Å²) in [4.78, 5) is 12.2. The van der Waals surface area contributed by atoms with Gasteiger partial charge in [-0.05, 0) is 18.2 Å². The molecule has 2 N–H and O–H groups in total. The number of anilines is 1. The molecule has 0 bridgehead atoms. The highest BCUT2D eigenvalue weighted by atomic mass is 35.5. The van der Waals surface area contributed by atoms with Gasteiger partial charge in [-0.15, -0.1) is 0 Å². The number of carbonyl (C=O) groups excluding carboxylic acids is 1. The highest BCUT2D eigenvalue weighted by Gasteiger charge is 2.12. The van der Waals surface area contributed by atoms with Crippen molar-refractivity contribution in [2.45, 2.75) is 0 Å². The number of methoxy groups -OCH3 is 2. The van der Waals surface area contributed by atoms with E-state index in [4.69, 9.17) is 21.1 Å². The van der Waals surface area contributed by atoms with Gasteiger partial charge in [0.1, 0.15) is 17.2 Å². The maximum absolute atomic E-state index is 12.2. The highest BCUT2D eigenvalue weighted by Crippen LogP contribution is 2.27. The number of hydrogen-bond donors (Lipinski definition) is 2. The van der Waals surface area contributed by atoms with Crippen LogP contribution >= 0.6 is 11.6 Å². The molecule has 0 aromatic heterocycles. The van der Waals surface area contributed by atoms with Crippen LogP contribution in [-0.4, -0.2) is 25.2 Å². The molecule has 6 heteroatoms. The molecule has 0 aliphatic carbocycles. The number of nitrogens with one attached hydrogen (secondary N) is 1. The molecule has 5 nitrogen and oxygen atoms in total. The van der Waals surface area contributed by atoms with Gasteiger partial charge < -0.3 is 19.9 Å². The average Bonchev–Trinajstić information content (AvgIpc) is 2.49. The summed E-state index contributed by atoms with van der Waals surface area (Å²) in [6.45, 7) is 0. The molecule has 0 spiro atoms. The van der Waals surface area contributed by atoms with Gasteiger partial charge in [0.2, 0.25) is 0 Å². The Morgan fingerprint density at radius 1 is 1.10 bits per heavy atom. The lowest BCUT2D eigenvalue weighted by Crippen LogP contribution is -2.12. The first-order valence-electron chi connectivity index (χ1n) is 6.06. The Balaban J connectivity index is 2.28. The van der Waals surface area contributed by atoms with Gasteiger partial charge in [0.15, 0.2) is 0 Å². The zero-order valence-electron chi connectivity index (χ0n) is 11.5. The molecular formula is C15H14ClNO4. The summed E-state index contributed by atoms with van der Waals surface area (Å²) in [5.74, 6) is 0.622. The molecule has 0 atom stereocenters. The first kappa shape index (κ1) is 15.0. The van der Waals surface area contributed by atoms with E-state index in [0.29, 0.717) is 17.2 Å². The van der Waals surface area contributed by atoms with Gasteiger partial charge in [-0.2, -0.15) is 0 Å². The second kappa shape index (κ2) is 6.37. The van der Waals surface area contributed by atoms with Gasteiger partial charge in [0, 0.05) is 23.9 Å². The summed E-state index contributed by atoms with van der Waals surface area (Å²) >= 11 is 5.95. The van der Waals surface area contributed by atoms with E-state index in [-0.39, 0.29) is 16.3 Å². The minimum Gasteiger partial charge on any atom is -0.508 e. The Morgan fingerprint density at radius 2 is 1.71 bits per heavy atom. The fourth-order valence-electron chi connectivity index (χ4n) is 1.77. The molecule has 0 aliphatic heterocycles. The predicted molar refractivity (Wildman–Crippen MR) is 80.6 cm³/mol. The van der Waals surface area contributed by atoms with E-state index in [2.05, 4.69) is 5.32 Å². The van der Waals surface area contributed by atoms with Crippen molar-refractivity contribution in [3.05, 3.63) is 47.0 Å². The zero-order valence-corrected chi connectivity index (χ0v) is 12.3. The fourth-order valence-corrected chi connectivity index (χ4v) is 1.97. The Hall–Kier alpha value is -2.40. The van der Waals surface area contributed by atoms with Crippen molar-refractivity contribution < 1.29 is 19.4 Å². The van der Waals surface area contributed by atoms with Crippen LogP contribution in [0, 0.1) is 0 Å². The van der Waals surface area contributed by atoms with Gasteiger partial charge >= 0.3 is 0 Å². The fraction of sp³-hybridized carbons (Fsp3) is 0.133. The molecule has 21 heavy (non-hydrogen) atoms. The number of amides is 1. The monoisotopic (exact) mass is 307 g/mol. The molecule has 0 radical (unpaired) electrons. The minimum absolute atomic E-state index is 0.0345. The van der Waals surface area contributed by atoms with E-state index < -0.39 is 5.91 Å². The zero-order chi connectivity index (χ0) is 15.4. The topological polar surface area (TPSA) is 67.8 Å². The van der Waals surface area contributed by atoms with Crippen LogP contribution in [0.25, 0.3) is 0 Å². The van der Waals surface area contributed by atoms with E-state index in [1.165, 1.54) is 32.4 Å². The first-order chi connectivity index (χ1) is 10.0. The molecule has 0 heterocycles. The number of ether oxygens (including phenoxy) is 2.